The molecule has 4 heteroatoms. The number of rotatable bonds is 3. The van der Waals surface area contributed by atoms with E-state index in [1.54, 1.807) is 6.07 Å². The van der Waals surface area contributed by atoms with Gasteiger partial charge in [-0.15, -0.1) is 0 Å². The van der Waals surface area contributed by atoms with Crippen molar-refractivity contribution in [1.82, 2.24) is 4.98 Å². The van der Waals surface area contributed by atoms with Gasteiger partial charge in [-0.3, -0.25) is 0 Å². The minimum Gasteiger partial charge on any atom is -0.476 e. The standard InChI is InChI=1S/C8H13N3O/c1-2-3-12-8-7(10)4-6(9)5-11-8/h4-5H,2-3,9-10H2,1H3. The predicted octanol–water partition coefficient (Wildman–Crippen LogP) is 1.03. The van der Waals surface area contributed by atoms with Crippen molar-refractivity contribution in [2.75, 3.05) is 18.1 Å². The summed E-state index contributed by atoms with van der Waals surface area (Å²) in [6.07, 6.45) is 2.47. The Hall–Kier alpha value is -1.45. The van der Waals surface area contributed by atoms with Gasteiger partial charge in [-0.25, -0.2) is 4.98 Å². The molecule has 0 unspecified atom stereocenters. The van der Waals surface area contributed by atoms with Crippen LogP contribution in [0.1, 0.15) is 13.3 Å². The molecular formula is C8H13N3O. The second-order valence-electron chi connectivity index (χ2n) is 2.51. The molecule has 1 aromatic heterocycles. The van der Waals surface area contributed by atoms with Crippen molar-refractivity contribution in [3.8, 4) is 5.88 Å². The van der Waals surface area contributed by atoms with Crippen LogP contribution in [0, 0.1) is 0 Å². The summed E-state index contributed by atoms with van der Waals surface area (Å²) in [5.74, 6) is 0.464. The number of nitrogens with zero attached hydrogens (tertiary/aromatic N) is 1. The van der Waals surface area contributed by atoms with Gasteiger partial charge in [0.1, 0.15) is 0 Å². The van der Waals surface area contributed by atoms with Crippen LogP contribution in [-0.2, 0) is 0 Å². The molecule has 4 N–H and O–H groups in total. The highest BCUT2D eigenvalue weighted by Crippen LogP contribution is 2.19. The molecule has 0 spiro atoms. The van der Waals surface area contributed by atoms with Crippen LogP contribution in [0.3, 0.4) is 0 Å². The van der Waals surface area contributed by atoms with E-state index in [1.165, 1.54) is 6.20 Å². The number of pyridine rings is 1. The highest BCUT2D eigenvalue weighted by atomic mass is 16.5. The Morgan fingerprint density at radius 1 is 1.50 bits per heavy atom. The van der Waals surface area contributed by atoms with E-state index in [9.17, 15) is 0 Å². The van der Waals surface area contributed by atoms with Gasteiger partial charge in [0.2, 0.25) is 5.88 Å². The number of anilines is 2. The second-order valence-corrected chi connectivity index (χ2v) is 2.51. The summed E-state index contributed by atoms with van der Waals surface area (Å²) < 4.78 is 5.25. The molecule has 0 fully saturated rings. The van der Waals surface area contributed by atoms with Crippen molar-refractivity contribution < 1.29 is 4.74 Å². The third kappa shape index (κ3) is 2.02. The number of nitrogens with two attached hydrogens (primary N) is 2. The van der Waals surface area contributed by atoms with Crippen molar-refractivity contribution in [2.45, 2.75) is 13.3 Å². The molecule has 1 heterocycles. The fourth-order valence-corrected chi connectivity index (χ4v) is 0.806. The monoisotopic (exact) mass is 167 g/mol. The van der Waals surface area contributed by atoms with E-state index in [4.69, 9.17) is 16.2 Å². The van der Waals surface area contributed by atoms with E-state index in [0.717, 1.165) is 6.42 Å². The normalized spacial score (nSPS) is 9.75. The Morgan fingerprint density at radius 3 is 2.83 bits per heavy atom. The molecule has 0 atom stereocenters. The Morgan fingerprint density at radius 2 is 2.25 bits per heavy atom. The maximum absolute atomic E-state index is 5.59. The van der Waals surface area contributed by atoms with E-state index in [-0.39, 0.29) is 0 Å². The molecule has 0 aliphatic carbocycles. The maximum atomic E-state index is 5.59. The number of aromatic nitrogens is 1. The number of hydrogen-bond donors (Lipinski definition) is 2. The number of nitrogen functional groups attached to an aromatic ring is 2. The van der Waals surface area contributed by atoms with Crippen molar-refractivity contribution in [3.63, 3.8) is 0 Å². The van der Waals surface area contributed by atoms with E-state index in [2.05, 4.69) is 4.98 Å². The molecule has 0 aliphatic rings. The van der Waals surface area contributed by atoms with Crippen LogP contribution in [0.4, 0.5) is 11.4 Å². The summed E-state index contributed by atoms with van der Waals surface area (Å²) >= 11 is 0. The Labute approximate surface area is 71.5 Å². The average Bonchev–Trinajstić information content (AvgIpc) is 2.03. The minimum atomic E-state index is 0.464. The van der Waals surface area contributed by atoms with E-state index < -0.39 is 0 Å². The van der Waals surface area contributed by atoms with E-state index >= 15 is 0 Å². The highest BCUT2D eigenvalue weighted by Gasteiger charge is 2.00. The molecular weight excluding hydrogens is 154 g/mol. The lowest BCUT2D eigenvalue weighted by Gasteiger charge is -2.05. The Kier molecular flexibility index (Phi) is 2.74. The molecule has 0 aliphatic heterocycles. The second kappa shape index (κ2) is 3.80. The van der Waals surface area contributed by atoms with Gasteiger partial charge in [0, 0.05) is 0 Å². The summed E-state index contributed by atoms with van der Waals surface area (Å²) in [5, 5.41) is 0. The van der Waals surface area contributed by atoms with Crippen molar-refractivity contribution >= 4 is 11.4 Å². The van der Waals surface area contributed by atoms with Crippen LogP contribution in [0.15, 0.2) is 12.3 Å². The first-order valence-electron chi connectivity index (χ1n) is 3.88. The fourth-order valence-electron chi connectivity index (χ4n) is 0.806. The summed E-state index contributed by atoms with van der Waals surface area (Å²) in [6, 6.07) is 1.64. The lowest BCUT2D eigenvalue weighted by molar-refractivity contribution is 0.307. The summed E-state index contributed by atoms with van der Waals surface area (Å²) in [4.78, 5) is 3.94. The van der Waals surface area contributed by atoms with Gasteiger partial charge in [-0.2, -0.15) is 0 Å². The Bertz CT molecular complexity index is 262. The third-order valence-corrected chi connectivity index (χ3v) is 1.34. The zero-order valence-corrected chi connectivity index (χ0v) is 7.08. The Balaban J connectivity index is 2.72. The molecule has 0 bridgehead atoms. The van der Waals surface area contributed by atoms with Gasteiger partial charge in [0.05, 0.1) is 24.2 Å². The first kappa shape index (κ1) is 8.64. The average molecular weight is 167 g/mol. The van der Waals surface area contributed by atoms with Crippen LogP contribution in [0.2, 0.25) is 0 Å². The summed E-state index contributed by atoms with van der Waals surface area (Å²) in [7, 11) is 0. The molecule has 1 rings (SSSR count). The van der Waals surface area contributed by atoms with Gasteiger partial charge in [0.25, 0.3) is 0 Å². The number of ether oxygens (including phenoxy) is 1. The maximum Gasteiger partial charge on any atom is 0.237 e. The molecule has 0 radical (unpaired) electrons. The lowest BCUT2D eigenvalue weighted by Crippen LogP contribution is -2.02. The van der Waals surface area contributed by atoms with Gasteiger partial charge >= 0.3 is 0 Å². The van der Waals surface area contributed by atoms with Gasteiger partial charge < -0.3 is 16.2 Å². The predicted molar refractivity (Wildman–Crippen MR) is 48.8 cm³/mol. The van der Waals surface area contributed by atoms with Crippen LogP contribution >= 0.6 is 0 Å². The van der Waals surface area contributed by atoms with Crippen molar-refractivity contribution in [1.29, 1.82) is 0 Å². The molecule has 4 nitrogen and oxygen atoms in total. The summed E-state index contributed by atoms with van der Waals surface area (Å²) in [5.41, 5.74) is 12.1. The van der Waals surface area contributed by atoms with E-state index in [0.29, 0.717) is 23.9 Å². The lowest BCUT2D eigenvalue weighted by atomic mass is 10.4. The largest absolute Gasteiger partial charge is 0.476 e. The van der Waals surface area contributed by atoms with Gasteiger partial charge in [-0.05, 0) is 12.5 Å². The molecule has 0 aromatic carbocycles. The number of hydrogen-bond acceptors (Lipinski definition) is 4. The highest BCUT2D eigenvalue weighted by molar-refractivity contribution is 5.55. The topological polar surface area (TPSA) is 74.2 Å². The smallest absolute Gasteiger partial charge is 0.237 e. The molecule has 0 saturated carbocycles. The minimum absolute atomic E-state index is 0.464. The molecule has 0 saturated heterocycles. The van der Waals surface area contributed by atoms with Crippen molar-refractivity contribution in [3.05, 3.63) is 12.3 Å². The third-order valence-electron chi connectivity index (χ3n) is 1.34. The van der Waals surface area contributed by atoms with Crippen LogP contribution in [0.25, 0.3) is 0 Å². The summed E-state index contributed by atoms with van der Waals surface area (Å²) in [6.45, 7) is 2.65. The van der Waals surface area contributed by atoms with E-state index in [1.807, 2.05) is 6.92 Å². The SMILES string of the molecule is CCCOc1ncc(N)cc1N. The molecule has 1 aromatic rings. The van der Waals surface area contributed by atoms with Crippen molar-refractivity contribution in [2.24, 2.45) is 0 Å². The fraction of sp³-hybridized carbons (Fsp3) is 0.375. The molecule has 12 heavy (non-hydrogen) atoms. The zero-order valence-electron chi connectivity index (χ0n) is 7.08. The van der Waals surface area contributed by atoms with Crippen LogP contribution in [-0.4, -0.2) is 11.6 Å². The van der Waals surface area contributed by atoms with Gasteiger partial charge in [0.15, 0.2) is 0 Å². The molecule has 0 amide bonds. The van der Waals surface area contributed by atoms with Crippen LogP contribution < -0.4 is 16.2 Å². The van der Waals surface area contributed by atoms with Gasteiger partial charge in [-0.1, -0.05) is 6.92 Å². The first-order valence-corrected chi connectivity index (χ1v) is 3.88. The first-order chi connectivity index (χ1) is 5.74. The molecule has 66 valence electrons. The zero-order chi connectivity index (χ0) is 8.97. The van der Waals surface area contributed by atoms with Crippen LogP contribution in [0.5, 0.6) is 5.88 Å². The quantitative estimate of drug-likeness (QED) is 0.705.